The van der Waals surface area contributed by atoms with Crippen LogP contribution in [0.5, 0.6) is 0 Å². The number of nitrogens with one attached hydrogen (secondary N) is 1. The molecule has 2 fully saturated rings. The van der Waals surface area contributed by atoms with Gasteiger partial charge in [0.2, 0.25) is 5.91 Å². The maximum atomic E-state index is 12.5. The molecule has 1 aromatic carbocycles. The van der Waals surface area contributed by atoms with E-state index in [4.69, 9.17) is 0 Å². The highest BCUT2D eigenvalue weighted by atomic mass is 16.2. The average molecular weight is 259 g/mol. The number of benzene rings is 1. The maximum absolute atomic E-state index is 12.5. The Morgan fingerprint density at radius 2 is 1.74 bits per heavy atom. The van der Waals surface area contributed by atoms with E-state index in [1.807, 2.05) is 18.2 Å². The first-order valence-electron chi connectivity index (χ1n) is 6.64. The van der Waals surface area contributed by atoms with Crippen molar-refractivity contribution < 1.29 is 9.59 Å². The average Bonchev–Trinajstić information content (AvgIpc) is 2.76. The molecule has 1 atom stereocenters. The van der Waals surface area contributed by atoms with Crippen LogP contribution in [0.4, 0.5) is 5.69 Å². The molecule has 3 rings (SSSR count). The number of amides is 2. The Morgan fingerprint density at radius 1 is 1.05 bits per heavy atom. The van der Waals surface area contributed by atoms with Gasteiger partial charge in [0.1, 0.15) is 0 Å². The summed E-state index contributed by atoms with van der Waals surface area (Å²) in [6.45, 7) is 3.41. The van der Waals surface area contributed by atoms with Gasteiger partial charge in [-0.3, -0.25) is 14.5 Å². The largest absolute Gasteiger partial charge is 0.314 e. The van der Waals surface area contributed by atoms with Crippen LogP contribution in [-0.2, 0) is 9.59 Å². The molecular weight excluding hydrogens is 242 g/mol. The van der Waals surface area contributed by atoms with Gasteiger partial charge in [0.25, 0.3) is 5.91 Å². The summed E-state index contributed by atoms with van der Waals surface area (Å²) in [5.41, 5.74) is 0.676. The molecule has 1 unspecified atom stereocenters. The van der Waals surface area contributed by atoms with Gasteiger partial charge in [-0.05, 0) is 12.1 Å². The van der Waals surface area contributed by atoms with Gasteiger partial charge in [-0.15, -0.1) is 0 Å². The third kappa shape index (κ3) is 2.27. The van der Waals surface area contributed by atoms with Crippen molar-refractivity contribution in [1.29, 1.82) is 0 Å². The summed E-state index contributed by atoms with van der Waals surface area (Å²) >= 11 is 0. The molecule has 2 aliphatic rings. The topological polar surface area (TPSA) is 52.7 Å². The van der Waals surface area contributed by atoms with Gasteiger partial charge in [0.05, 0.1) is 18.2 Å². The van der Waals surface area contributed by atoms with Gasteiger partial charge in [0, 0.05) is 26.2 Å². The molecule has 19 heavy (non-hydrogen) atoms. The minimum Gasteiger partial charge on any atom is -0.314 e. The van der Waals surface area contributed by atoms with E-state index in [1.54, 1.807) is 12.1 Å². The third-order valence-electron chi connectivity index (χ3n) is 3.73. The summed E-state index contributed by atoms with van der Waals surface area (Å²) in [7, 11) is 0. The molecule has 0 bridgehead atoms. The first kappa shape index (κ1) is 12.3. The van der Waals surface area contributed by atoms with E-state index < -0.39 is 0 Å². The SMILES string of the molecule is O=C1CC(N2CCNCC2)C(=O)N1c1ccccc1. The Hall–Kier alpha value is -1.72. The third-order valence-corrected chi connectivity index (χ3v) is 3.73. The van der Waals surface area contributed by atoms with Crippen LogP contribution in [0.2, 0.25) is 0 Å². The Bertz CT molecular complexity index is 483. The minimum absolute atomic E-state index is 0.0851. The van der Waals surface area contributed by atoms with Crippen molar-refractivity contribution in [2.75, 3.05) is 31.1 Å². The zero-order valence-electron chi connectivity index (χ0n) is 10.7. The lowest BCUT2D eigenvalue weighted by atomic mass is 10.2. The lowest BCUT2D eigenvalue weighted by molar-refractivity contribution is -0.123. The highest BCUT2D eigenvalue weighted by molar-refractivity contribution is 6.22. The lowest BCUT2D eigenvalue weighted by Crippen LogP contribution is -2.51. The number of carbonyl (C=O) groups excluding carboxylic acids is 2. The van der Waals surface area contributed by atoms with Crippen LogP contribution in [0.3, 0.4) is 0 Å². The van der Waals surface area contributed by atoms with Crippen LogP contribution in [0.15, 0.2) is 30.3 Å². The fourth-order valence-corrected chi connectivity index (χ4v) is 2.74. The quantitative estimate of drug-likeness (QED) is 0.772. The number of imide groups is 1. The summed E-state index contributed by atoms with van der Waals surface area (Å²) in [5, 5.41) is 3.26. The second-order valence-electron chi connectivity index (χ2n) is 4.91. The highest BCUT2D eigenvalue weighted by Gasteiger charge is 2.42. The zero-order chi connectivity index (χ0) is 13.2. The fourth-order valence-electron chi connectivity index (χ4n) is 2.74. The van der Waals surface area contributed by atoms with Crippen molar-refractivity contribution in [3.63, 3.8) is 0 Å². The van der Waals surface area contributed by atoms with Crippen molar-refractivity contribution in [3.05, 3.63) is 30.3 Å². The van der Waals surface area contributed by atoms with Crippen LogP contribution >= 0.6 is 0 Å². The summed E-state index contributed by atoms with van der Waals surface area (Å²) in [6, 6.07) is 8.88. The number of piperazine rings is 1. The molecule has 0 saturated carbocycles. The van der Waals surface area contributed by atoms with Crippen LogP contribution < -0.4 is 10.2 Å². The molecule has 2 amide bonds. The van der Waals surface area contributed by atoms with Crippen molar-refractivity contribution >= 4 is 17.5 Å². The zero-order valence-corrected chi connectivity index (χ0v) is 10.7. The van der Waals surface area contributed by atoms with Gasteiger partial charge in [-0.2, -0.15) is 0 Å². The first-order valence-corrected chi connectivity index (χ1v) is 6.64. The maximum Gasteiger partial charge on any atom is 0.251 e. The molecule has 0 spiro atoms. The summed E-state index contributed by atoms with van der Waals surface area (Å²) in [5.74, 6) is -0.183. The monoisotopic (exact) mass is 259 g/mol. The second kappa shape index (κ2) is 5.11. The number of para-hydroxylation sites is 1. The van der Waals surface area contributed by atoms with E-state index in [2.05, 4.69) is 10.2 Å². The van der Waals surface area contributed by atoms with Crippen LogP contribution in [0.25, 0.3) is 0 Å². The number of carbonyl (C=O) groups is 2. The lowest BCUT2D eigenvalue weighted by Gasteiger charge is -2.31. The van der Waals surface area contributed by atoms with E-state index in [1.165, 1.54) is 4.90 Å². The van der Waals surface area contributed by atoms with Crippen LogP contribution in [-0.4, -0.2) is 48.9 Å². The van der Waals surface area contributed by atoms with Gasteiger partial charge < -0.3 is 5.32 Å². The van der Waals surface area contributed by atoms with Gasteiger partial charge >= 0.3 is 0 Å². The molecule has 1 aromatic rings. The van der Waals surface area contributed by atoms with E-state index in [9.17, 15) is 9.59 Å². The molecule has 2 aliphatic heterocycles. The molecule has 2 heterocycles. The fraction of sp³-hybridized carbons (Fsp3) is 0.429. The van der Waals surface area contributed by atoms with Crippen molar-refractivity contribution in [2.24, 2.45) is 0 Å². The normalized spacial score (nSPS) is 25.1. The van der Waals surface area contributed by atoms with Crippen molar-refractivity contribution in [1.82, 2.24) is 10.2 Å². The van der Waals surface area contributed by atoms with Crippen molar-refractivity contribution in [2.45, 2.75) is 12.5 Å². The molecule has 5 heteroatoms. The predicted molar refractivity (Wildman–Crippen MR) is 71.8 cm³/mol. The highest BCUT2D eigenvalue weighted by Crippen LogP contribution is 2.25. The van der Waals surface area contributed by atoms with Gasteiger partial charge in [-0.1, -0.05) is 18.2 Å². The van der Waals surface area contributed by atoms with Crippen LogP contribution in [0.1, 0.15) is 6.42 Å². The molecule has 1 N–H and O–H groups in total. The Labute approximate surface area is 112 Å². The Morgan fingerprint density at radius 3 is 2.42 bits per heavy atom. The van der Waals surface area contributed by atoms with E-state index >= 15 is 0 Å². The summed E-state index contributed by atoms with van der Waals surface area (Å²) in [6.07, 6.45) is 0.299. The van der Waals surface area contributed by atoms with E-state index in [-0.39, 0.29) is 17.9 Å². The van der Waals surface area contributed by atoms with Gasteiger partial charge in [-0.25, -0.2) is 4.90 Å². The minimum atomic E-state index is -0.283. The molecule has 0 aliphatic carbocycles. The Balaban J connectivity index is 1.81. The second-order valence-corrected chi connectivity index (χ2v) is 4.91. The standard InChI is InChI=1S/C14H17N3O2/c18-13-10-12(16-8-6-15-7-9-16)14(19)17(13)11-4-2-1-3-5-11/h1-5,12,15H,6-10H2. The number of anilines is 1. The molecule has 5 nitrogen and oxygen atoms in total. The summed E-state index contributed by atoms with van der Waals surface area (Å²) in [4.78, 5) is 28.0. The first-order chi connectivity index (χ1) is 9.27. The number of hydrogen-bond acceptors (Lipinski definition) is 4. The molecule has 2 saturated heterocycles. The number of nitrogens with zero attached hydrogens (tertiary/aromatic N) is 2. The molecular formula is C14H17N3O2. The van der Waals surface area contributed by atoms with Crippen molar-refractivity contribution in [3.8, 4) is 0 Å². The molecule has 100 valence electrons. The summed E-state index contributed by atoms with van der Waals surface area (Å²) < 4.78 is 0. The Kier molecular flexibility index (Phi) is 3.31. The molecule has 0 radical (unpaired) electrons. The predicted octanol–water partition coefficient (Wildman–Crippen LogP) is 0.224. The van der Waals surface area contributed by atoms with Gasteiger partial charge in [0.15, 0.2) is 0 Å². The molecule has 0 aromatic heterocycles. The van der Waals surface area contributed by atoms with E-state index in [0.717, 1.165) is 26.2 Å². The number of rotatable bonds is 2. The van der Waals surface area contributed by atoms with E-state index in [0.29, 0.717) is 12.1 Å². The van der Waals surface area contributed by atoms with Crippen LogP contribution in [0, 0.1) is 0 Å². The smallest absolute Gasteiger partial charge is 0.251 e. The number of hydrogen-bond donors (Lipinski definition) is 1.